The van der Waals surface area contributed by atoms with Gasteiger partial charge >= 0.3 is 0 Å². The fourth-order valence-electron chi connectivity index (χ4n) is 4.14. The molecule has 0 aromatic heterocycles. The molecule has 4 rings (SSSR count). The second kappa shape index (κ2) is 9.12. The van der Waals surface area contributed by atoms with Crippen molar-refractivity contribution in [3.63, 3.8) is 0 Å². The van der Waals surface area contributed by atoms with Crippen LogP contribution in [0.5, 0.6) is 0 Å². The summed E-state index contributed by atoms with van der Waals surface area (Å²) in [5, 5.41) is 3.05. The quantitative estimate of drug-likeness (QED) is 0.726. The third-order valence-corrected chi connectivity index (χ3v) is 5.85. The zero-order valence-electron chi connectivity index (χ0n) is 17.3. The van der Waals surface area contributed by atoms with Crippen LogP contribution in [0.25, 0.3) is 0 Å². The molecule has 2 aliphatic heterocycles. The predicted molar refractivity (Wildman–Crippen MR) is 114 cm³/mol. The third kappa shape index (κ3) is 4.66. The molecule has 0 spiro atoms. The Bertz CT molecular complexity index is 962. The van der Waals surface area contributed by atoms with Crippen LogP contribution in [0.4, 0.5) is 0 Å². The van der Waals surface area contributed by atoms with Gasteiger partial charge in [-0.05, 0) is 30.5 Å². The number of amides is 4. The van der Waals surface area contributed by atoms with Gasteiger partial charge in [0.15, 0.2) is 0 Å². The fourth-order valence-corrected chi connectivity index (χ4v) is 4.14. The lowest BCUT2D eigenvalue weighted by atomic mass is 10.0. The maximum absolute atomic E-state index is 12.6. The number of nitrogens with zero attached hydrogens (tertiary/aromatic N) is 2. The van der Waals surface area contributed by atoms with E-state index in [1.54, 1.807) is 29.2 Å². The minimum Gasteiger partial charge on any atom is -0.353 e. The topological polar surface area (TPSA) is 86.8 Å². The lowest BCUT2D eigenvalue weighted by molar-refractivity contribution is -0.132. The number of benzene rings is 2. The maximum Gasteiger partial charge on any atom is 0.261 e. The second-order valence-electron chi connectivity index (χ2n) is 7.94. The van der Waals surface area contributed by atoms with Crippen LogP contribution in [-0.2, 0) is 16.0 Å². The SMILES string of the molecule is O=C(Cc1ccccc1)NC1CCN(C(=O)CCN2C(=O)c3ccccc3C2=O)CC1. The number of piperidine rings is 1. The van der Waals surface area contributed by atoms with Crippen LogP contribution in [0, 0.1) is 0 Å². The Balaban J connectivity index is 1.21. The van der Waals surface area contributed by atoms with Crippen LogP contribution in [0.2, 0.25) is 0 Å². The predicted octanol–water partition coefficient (Wildman–Crippen LogP) is 2.02. The van der Waals surface area contributed by atoms with E-state index in [1.165, 1.54) is 0 Å². The zero-order chi connectivity index (χ0) is 21.8. The summed E-state index contributed by atoms with van der Waals surface area (Å²) in [6, 6.07) is 16.4. The van der Waals surface area contributed by atoms with E-state index in [2.05, 4.69) is 5.32 Å². The van der Waals surface area contributed by atoms with Gasteiger partial charge in [0.1, 0.15) is 0 Å². The molecule has 2 aromatic rings. The van der Waals surface area contributed by atoms with Crippen LogP contribution in [0.3, 0.4) is 0 Å². The minimum absolute atomic E-state index is 0.0124. The van der Waals surface area contributed by atoms with E-state index in [0.29, 0.717) is 43.5 Å². The van der Waals surface area contributed by atoms with E-state index in [1.807, 2.05) is 30.3 Å². The Morgan fingerprint density at radius 2 is 1.45 bits per heavy atom. The summed E-state index contributed by atoms with van der Waals surface area (Å²) >= 11 is 0. The fraction of sp³-hybridized carbons (Fsp3) is 0.333. The third-order valence-electron chi connectivity index (χ3n) is 5.85. The molecule has 4 amide bonds. The van der Waals surface area contributed by atoms with Crippen molar-refractivity contribution in [3.05, 3.63) is 71.3 Å². The molecule has 1 saturated heterocycles. The average molecular weight is 419 g/mol. The van der Waals surface area contributed by atoms with E-state index in [0.717, 1.165) is 10.5 Å². The molecule has 31 heavy (non-hydrogen) atoms. The van der Waals surface area contributed by atoms with Crippen LogP contribution < -0.4 is 5.32 Å². The molecule has 1 fully saturated rings. The molecular weight excluding hydrogens is 394 g/mol. The number of likely N-dealkylation sites (tertiary alicyclic amines) is 1. The van der Waals surface area contributed by atoms with Gasteiger partial charge < -0.3 is 10.2 Å². The summed E-state index contributed by atoms with van der Waals surface area (Å²) in [7, 11) is 0. The first-order valence-electron chi connectivity index (χ1n) is 10.6. The van der Waals surface area contributed by atoms with E-state index >= 15 is 0 Å². The molecule has 2 heterocycles. The molecule has 2 aliphatic rings. The summed E-state index contributed by atoms with van der Waals surface area (Å²) in [4.78, 5) is 52.6. The van der Waals surface area contributed by atoms with E-state index in [9.17, 15) is 19.2 Å². The largest absolute Gasteiger partial charge is 0.353 e. The molecule has 0 bridgehead atoms. The van der Waals surface area contributed by atoms with E-state index in [-0.39, 0.29) is 42.6 Å². The number of imide groups is 1. The highest BCUT2D eigenvalue weighted by Crippen LogP contribution is 2.22. The number of hydrogen-bond acceptors (Lipinski definition) is 4. The van der Waals surface area contributed by atoms with E-state index in [4.69, 9.17) is 0 Å². The van der Waals surface area contributed by atoms with Crippen LogP contribution in [0.15, 0.2) is 54.6 Å². The monoisotopic (exact) mass is 419 g/mol. The van der Waals surface area contributed by atoms with Crippen molar-refractivity contribution in [2.45, 2.75) is 31.7 Å². The number of hydrogen-bond donors (Lipinski definition) is 1. The van der Waals surface area contributed by atoms with Crippen molar-refractivity contribution >= 4 is 23.6 Å². The van der Waals surface area contributed by atoms with Gasteiger partial charge in [0.2, 0.25) is 11.8 Å². The summed E-state index contributed by atoms with van der Waals surface area (Å²) < 4.78 is 0. The molecule has 1 N–H and O–H groups in total. The molecule has 160 valence electrons. The first-order valence-corrected chi connectivity index (χ1v) is 10.6. The maximum atomic E-state index is 12.6. The van der Waals surface area contributed by atoms with Gasteiger partial charge in [0, 0.05) is 32.1 Å². The van der Waals surface area contributed by atoms with Crippen molar-refractivity contribution in [1.29, 1.82) is 0 Å². The molecule has 0 unspecified atom stereocenters. The Morgan fingerprint density at radius 3 is 2.06 bits per heavy atom. The molecule has 2 aromatic carbocycles. The number of carbonyl (C=O) groups is 4. The van der Waals surface area contributed by atoms with Crippen molar-refractivity contribution in [3.8, 4) is 0 Å². The van der Waals surface area contributed by atoms with Gasteiger partial charge in [-0.3, -0.25) is 24.1 Å². The zero-order valence-corrected chi connectivity index (χ0v) is 17.3. The van der Waals surface area contributed by atoms with Crippen molar-refractivity contribution in [2.24, 2.45) is 0 Å². The van der Waals surface area contributed by atoms with Crippen molar-refractivity contribution in [1.82, 2.24) is 15.1 Å². The minimum atomic E-state index is -0.340. The van der Waals surface area contributed by atoms with Gasteiger partial charge in [-0.25, -0.2) is 0 Å². The number of carbonyl (C=O) groups excluding carboxylic acids is 4. The molecule has 0 saturated carbocycles. The Labute approximate surface area is 181 Å². The Morgan fingerprint density at radius 1 is 0.871 bits per heavy atom. The number of fused-ring (bicyclic) bond motifs is 1. The Kier molecular flexibility index (Phi) is 6.11. The average Bonchev–Trinajstić information content (AvgIpc) is 3.03. The molecular formula is C24H25N3O4. The summed E-state index contributed by atoms with van der Waals surface area (Å²) in [5.74, 6) is -0.770. The van der Waals surface area contributed by atoms with Gasteiger partial charge in [-0.1, -0.05) is 42.5 Å². The second-order valence-corrected chi connectivity index (χ2v) is 7.94. The first-order chi connectivity index (χ1) is 15.0. The standard InChI is InChI=1S/C24H25N3O4/c28-21(16-17-6-2-1-3-7-17)25-18-10-13-26(14-11-18)22(29)12-15-27-23(30)19-8-4-5-9-20(19)24(27)31/h1-9,18H,10-16H2,(H,25,28). The lowest BCUT2D eigenvalue weighted by Crippen LogP contribution is -2.47. The van der Waals surface area contributed by atoms with Gasteiger partial charge in [-0.2, -0.15) is 0 Å². The van der Waals surface area contributed by atoms with Gasteiger partial charge in [0.05, 0.1) is 17.5 Å². The molecule has 7 nitrogen and oxygen atoms in total. The smallest absolute Gasteiger partial charge is 0.261 e. The molecule has 0 atom stereocenters. The van der Waals surface area contributed by atoms with Gasteiger partial charge in [-0.15, -0.1) is 0 Å². The highest BCUT2D eigenvalue weighted by Gasteiger charge is 2.35. The van der Waals surface area contributed by atoms with Crippen LogP contribution >= 0.6 is 0 Å². The summed E-state index contributed by atoms with van der Waals surface area (Å²) in [6.45, 7) is 1.19. The summed E-state index contributed by atoms with van der Waals surface area (Å²) in [5.41, 5.74) is 1.76. The van der Waals surface area contributed by atoms with Crippen LogP contribution in [0.1, 0.15) is 45.5 Å². The highest BCUT2D eigenvalue weighted by molar-refractivity contribution is 6.21. The summed E-state index contributed by atoms with van der Waals surface area (Å²) in [6.07, 6.45) is 1.84. The molecule has 0 aliphatic carbocycles. The number of rotatable bonds is 6. The Hall–Kier alpha value is -3.48. The van der Waals surface area contributed by atoms with Crippen molar-refractivity contribution < 1.29 is 19.2 Å². The molecule has 7 heteroatoms. The van der Waals surface area contributed by atoms with E-state index < -0.39 is 0 Å². The number of nitrogens with one attached hydrogen (secondary N) is 1. The first kappa shape index (κ1) is 20.8. The highest BCUT2D eigenvalue weighted by atomic mass is 16.2. The van der Waals surface area contributed by atoms with Crippen molar-refractivity contribution in [2.75, 3.05) is 19.6 Å². The lowest BCUT2D eigenvalue weighted by Gasteiger charge is -2.32. The van der Waals surface area contributed by atoms with Gasteiger partial charge in [0.25, 0.3) is 11.8 Å². The van der Waals surface area contributed by atoms with Crippen LogP contribution in [-0.4, -0.2) is 59.1 Å². The molecule has 0 radical (unpaired) electrons. The normalized spacial score (nSPS) is 16.4.